The molecule has 2 aromatic rings. The van der Waals surface area contributed by atoms with Crippen molar-refractivity contribution in [3.8, 4) is 0 Å². The van der Waals surface area contributed by atoms with Crippen LogP contribution in [0.25, 0.3) is 0 Å². The molecule has 0 bridgehead atoms. The van der Waals surface area contributed by atoms with Crippen LogP contribution in [-0.4, -0.2) is 39.2 Å². The lowest BCUT2D eigenvalue weighted by atomic mass is 9.94. The summed E-state index contributed by atoms with van der Waals surface area (Å²) in [5, 5.41) is 13.4. The van der Waals surface area contributed by atoms with Crippen LogP contribution in [-0.2, 0) is 4.79 Å². The Morgan fingerprint density at radius 3 is 2.71 bits per heavy atom. The number of carboxylic acids is 1. The van der Waals surface area contributed by atoms with Crippen molar-refractivity contribution in [3.05, 3.63) is 45.8 Å². The van der Waals surface area contributed by atoms with Gasteiger partial charge in [0.05, 0.1) is 0 Å². The second-order valence-electron chi connectivity index (χ2n) is 5.90. The third-order valence-electron chi connectivity index (χ3n) is 4.28. The maximum absolute atomic E-state index is 14.2. The minimum Gasteiger partial charge on any atom is -0.480 e. The molecule has 1 aromatic carbocycles. The van der Waals surface area contributed by atoms with Gasteiger partial charge in [-0.15, -0.1) is 0 Å². The molecular weight excluding hydrogens is 381 g/mol. The van der Waals surface area contributed by atoms with Gasteiger partial charge in [0.1, 0.15) is 11.9 Å². The SMILES string of the molecule is Cc1noc(C2CCN(C(C(=O)O)c3ccc(Br)cc3F)CC2)n1. The Morgan fingerprint density at radius 1 is 1.46 bits per heavy atom. The van der Waals surface area contributed by atoms with E-state index in [0.717, 1.165) is 0 Å². The average Bonchev–Trinajstić information content (AvgIpc) is 2.97. The first kappa shape index (κ1) is 17.0. The van der Waals surface area contributed by atoms with E-state index in [0.29, 0.717) is 42.1 Å². The summed E-state index contributed by atoms with van der Waals surface area (Å²) in [5.41, 5.74) is 0.179. The molecule has 0 spiro atoms. The van der Waals surface area contributed by atoms with Crippen molar-refractivity contribution in [3.63, 3.8) is 0 Å². The number of piperidine rings is 1. The summed E-state index contributed by atoms with van der Waals surface area (Å²) in [7, 11) is 0. The Morgan fingerprint density at radius 2 is 2.17 bits per heavy atom. The highest BCUT2D eigenvalue weighted by molar-refractivity contribution is 9.10. The van der Waals surface area contributed by atoms with Gasteiger partial charge in [0.15, 0.2) is 5.82 Å². The van der Waals surface area contributed by atoms with Crippen molar-refractivity contribution in [2.75, 3.05) is 13.1 Å². The molecule has 128 valence electrons. The number of halogens is 2. The Labute approximate surface area is 146 Å². The topological polar surface area (TPSA) is 79.5 Å². The van der Waals surface area contributed by atoms with Gasteiger partial charge in [-0.25, -0.2) is 4.39 Å². The predicted octanol–water partition coefficient (Wildman–Crippen LogP) is 3.28. The molecule has 0 amide bonds. The van der Waals surface area contributed by atoms with Crippen molar-refractivity contribution < 1.29 is 18.8 Å². The molecule has 6 nitrogen and oxygen atoms in total. The lowest BCUT2D eigenvalue weighted by Crippen LogP contribution is -2.40. The zero-order valence-electron chi connectivity index (χ0n) is 13.1. The zero-order chi connectivity index (χ0) is 17.3. The van der Waals surface area contributed by atoms with Gasteiger partial charge in [-0.3, -0.25) is 9.69 Å². The van der Waals surface area contributed by atoms with Gasteiger partial charge >= 0.3 is 5.97 Å². The van der Waals surface area contributed by atoms with Crippen LogP contribution in [0.3, 0.4) is 0 Å². The van der Waals surface area contributed by atoms with Crippen LogP contribution < -0.4 is 0 Å². The van der Waals surface area contributed by atoms with Crippen LogP contribution in [0.5, 0.6) is 0 Å². The molecular formula is C16H17BrFN3O3. The number of rotatable bonds is 4. The van der Waals surface area contributed by atoms with Gasteiger partial charge in [0, 0.05) is 29.0 Å². The summed E-state index contributed by atoms with van der Waals surface area (Å²) in [5.74, 6) is -0.275. The van der Waals surface area contributed by atoms with Crippen molar-refractivity contribution in [1.29, 1.82) is 0 Å². The van der Waals surface area contributed by atoms with Crippen LogP contribution in [0.15, 0.2) is 27.2 Å². The number of likely N-dealkylation sites (tertiary alicyclic amines) is 1. The smallest absolute Gasteiger partial charge is 0.325 e. The summed E-state index contributed by atoms with van der Waals surface area (Å²) in [6.45, 7) is 2.82. The van der Waals surface area contributed by atoms with Crippen molar-refractivity contribution in [2.45, 2.75) is 31.7 Å². The summed E-state index contributed by atoms with van der Waals surface area (Å²) < 4.78 is 20.0. The van der Waals surface area contributed by atoms with E-state index in [1.165, 1.54) is 12.1 Å². The summed E-state index contributed by atoms with van der Waals surface area (Å²) in [6.07, 6.45) is 1.40. The first-order valence-corrected chi connectivity index (χ1v) is 8.47. The molecule has 0 saturated carbocycles. The normalized spacial score (nSPS) is 17.8. The molecule has 0 aliphatic carbocycles. The monoisotopic (exact) mass is 397 g/mol. The second-order valence-corrected chi connectivity index (χ2v) is 6.81. The lowest BCUT2D eigenvalue weighted by Gasteiger charge is -2.34. The first-order chi connectivity index (χ1) is 11.5. The molecule has 0 radical (unpaired) electrons. The highest BCUT2D eigenvalue weighted by Gasteiger charge is 2.34. The average molecular weight is 398 g/mol. The molecule has 3 rings (SSSR count). The van der Waals surface area contributed by atoms with Gasteiger partial charge in [0.2, 0.25) is 5.89 Å². The van der Waals surface area contributed by atoms with E-state index in [9.17, 15) is 14.3 Å². The van der Waals surface area contributed by atoms with Crippen LogP contribution in [0.4, 0.5) is 4.39 Å². The molecule has 1 aliphatic heterocycles. The van der Waals surface area contributed by atoms with Crippen LogP contribution in [0, 0.1) is 12.7 Å². The van der Waals surface area contributed by atoms with Gasteiger partial charge < -0.3 is 9.63 Å². The standard InChI is InChI=1S/C16H17BrFN3O3/c1-9-19-15(24-20-9)10-4-6-21(7-5-10)14(16(22)23)12-3-2-11(17)8-13(12)18/h2-3,8,10,14H,4-7H2,1H3,(H,22,23). The number of aliphatic carboxylic acids is 1. The van der Waals surface area contributed by atoms with E-state index in [-0.39, 0.29) is 11.5 Å². The van der Waals surface area contributed by atoms with E-state index < -0.39 is 17.8 Å². The Bertz CT molecular complexity index is 744. The van der Waals surface area contributed by atoms with Gasteiger partial charge in [-0.05, 0) is 31.9 Å². The highest BCUT2D eigenvalue weighted by atomic mass is 79.9. The fourth-order valence-corrected chi connectivity index (χ4v) is 3.43. The molecule has 2 heterocycles. The van der Waals surface area contributed by atoms with Crippen LogP contribution in [0.2, 0.25) is 0 Å². The molecule has 1 aliphatic rings. The van der Waals surface area contributed by atoms with Gasteiger partial charge in [-0.1, -0.05) is 27.2 Å². The Kier molecular flexibility index (Phi) is 4.96. The van der Waals surface area contributed by atoms with Gasteiger partial charge in [-0.2, -0.15) is 4.98 Å². The molecule has 1 fully saturated rings. The summed E-state index contributed by atoms with van der Waals surface area (Å²) in [6, 6.07) is 3.47. The summed E-state index contributed by atoms with van der Waals surface area (Å²) in [4.78, 5) is 17.8. The lowest BCUT2D eigenvalue weighted by molar-refractivity contribution is -0.144. The molecule has 24 heavy (non-hydrogen) atoms. The highest BCUT2D eigenvalue weighted by Crippen LogP contribution is 2.33. The Balaban J connectivity index is 1.75. The number of benzene rings is 1. The minimum atomic E-state index is -1.05. The molecule has 1 atom stereocenters. The molecule has 1 aromatic heterocycles. The number of hydrogen-bond donors (Lipinski definition) is 1. The maximum Gasteiger partial charge on any atom is 0.325 e. The second kappa shape index (κ2) is 6.98. The van der Waals surface area contributed by atoms with E-state index >= 15 is 0 Å². The third kappa shape index (κ3) is 3.49. The zero-order valence-corrected chi connectivity index (χ0v) is 14.7. The van der Waals surface area contributed by atoms with E-state index in [2.05, 4.69) is 26.1 Å². The number of carbonyl (C=O) groups is 1. The fraction of sp³-hybridized carbons (Fsp3) is 0.438. The number of aromatic nitrogens is 2. The largest absolute Gasteiger partial charge is 0.480 e. The maximum atomic E-state index is 14.2. The number of aryl methyl sites for hydroxylation is 1. The Hall–Kier alpha value is -1.80. The first-order valence-electron chi connectivity index (χ1n) is 7.67. The van der Waals surface area contributed by atoms with Crippen molar-refractivity contribution in [2.24, 2.45) is 0 Å². The van der Waals surface area contributed by atoms with Crippen LogP contribution >= 0.6 is 15.9 Å². The molecule has 1 N–H and O–H groups in total. The number of carboxylic acid groups (broad SMARTS) is 1. The number of nitrogens with zero attached hydrogens (tertiary/aromatic N) is 3. The fourth-order valence-electron chi connectivity index (χ4n) is 3.09. The van der Waals surface area contributed by atoms with E-state index in [1.807, 2.05) is 0 Å². The minimum absolute atomic E-state index is 0.117. The van der Waals surface area contributed by atoms with E-state index in [1.54, 1.807) is 17.9 Å². The van der Waals surface area contributed by atoms with Gasteiger partial charge in [0.25, 0.3) is 0 Å². The molecule has 1 unspecified atom stereocenters. The molecule has 8 heteroatoms. The van der Waals surface area contributed by atoms with E-state index in [4.69, 9.17) is 4.52 Å². The number of hydrogen-bond acceptors (Lipinski definition) is 5. The van der Waals surface area contributed by atoms with Crippen LogP contribution in [0.1, 0.15) is 42.1 Å². The summed E-state index contributed by atoms with van der Waals surface area (Å²) >= 11 is 3.19. The van der Waals surface area contributed by atoms with Crippen molar-refractivity contribution >= 4 is 21.9 Å². The van der Waals surface area contributed by atoms with Crippen molar-refractivity contribution in [1.82, 2.24) is 15.0 Å². The third-order valence-corrected chi connectivity index (χ3v) is 4.77. The predicted molar refractivity (Wildman–Crippen MR) is 87.1 cm³/mol. The molecule has 1 saturated heterocycles. The quantitative estimate of drug-likeness (QED) is 0.852.